The van der Waals surface area contributed by atoms with Gasteiger partial charge < -0.3 is 4.42 Å². The van der Waals surface area contributed by atoms with Gasteiger partial charge in [0.15, 0.2) is 5.84 Å². The summed E-state index contributed by atoms with van der Waals surface area (Å²) >= 11 is 0. The van der Waals surface area contributed by atoms with Crippen LogP contribution in [0.25, 0.3) is 76.5 Å². The second kappa shape index (κ2) is 11.5. The molecular formula is C45H30N2O. The summed E-state index contributed by atoms with van der Waals surface area (Å²) in [5.41, 5.74) is 8.18. The van der Waals surface area contributed by atoms with E-state index < -0.39 is 0 Å². The third-order valence-electron chi connectivity index (χ3n) is 9.39. The third-order valence-corrected chi connectivity index (χ3v) is 9.39. The Bertz CT molecular complexity index is 2680. The maximum Gasteiger partial charge on any atom is 0.154 e. The van der Waals surface area contributed by atoms with Crippen molar-refractivity contribution in [2.75, 3.05) is 0 Å². The number of amidine groups is 1. The van der Waals surface area contributed by atoms with Crippen molar-refractivity contribution in [1.82, 2.24) is 0 Å². The highest BCUT2D eigenvalue weighted by Crippen LogP contribution is 2.39. The van der Waals surface area contributed by atoms with Gasteiger partial charge in [-0.25, -0.2) is 4.99 Å². The van der Waals surface area contributed by atoms with Crippen molar-refractivity contribution in [2.24, 2.45) is 9.98 Å². The van der Waals surface area contributed by atoms with E-state index in [9.17, 15) is 0 Å². The number of rotatable bonds is 5. The predicted octanol–water partition coefficient (Wildman–Crippen LogP) is 12.0. The fourth-order valence-electron chi connectivity index (χ4n) is 7.16. The highest BCUT2D eigenvalue weighted by Gasteiger charge is 2.16. The lowest BCUT2D eigenvalue weighted by molar-refractivity contribution is 0.669. The molecule has 0 amide bonds. The Hall–Kier alpha value is -6.32. The highest BCUT2D eigenvalue weighted by atomic mass is 16.3. The molecule has 9 rings (SSSR count). The normalized spacial score (nSPS) is 12.0. The van der Waals surface area contributed by atoms with Crippen LogP contribution in [-0.2, 0) is 6.54 Å². The lowest BCUT2D eigenvalue weighted by Gasteiger charge is -2.12. The van der Waals surface area contributed by atoms with Gasteiger partial charge in [-0.15, -0.1) is 0 Å². The van der Waals surface area contributed by atoms with E-state index in [1.54, 1.807) is 0 Å². The lowest BCUT2D eigenvalue weighted by Crippen LogP contribution is -1.99. The zero-order valence-corrected chi connectivity index (χ0v) is 26.2. The Kier molecular flexibility index (Phi) is 6.69. The van der Waals surface area contributed by atoms with Gasteiger partial charge in [-0.3, -0.25) is 4.99 Å². The molecule has 9 aromatic rings. The van der Waals surface area contributed by atoms with Gasteiger partial charge in [0.25, 0.3) is 0 Å². The van der Waals surface area contributed by atoms with Gasteiger partial charge in [0.1, 0.15) is 11.2 Å². The monoisotopic (exact) mass is 614 g/mol. The highest BCUT2D eigenvalue weighted by molar-refractivity contribution is 6.25. The van der Waals surface area contributed by atoms with E-state index in [0.717, 1.165) is 49.8 Å². The summed E-state index contributed by atoms with van der Waals surface area (Å²) in [6, 6.07) is 55.6. The number of fused-ring (bicyclic) bond motifs is 9. The molecule has 0 spiro atoms. The van der Waals surface area contributed by atoms with Crippen LogP contribution in [0.15, 0.2) is 172 Å². The van der Waals surface area contributed by atoms with Crippen LogP contribution in [0.2, 0.25) is 0 Å². The molecule has 0 radical (unpaired) electrons. The summed E-state index contributed by atoms with van der Waals surface area (Å²) < 4.78 is 6.34. The molecule has 0 aliphatic carbocycles. The molecule has 1 heterocycles. The number of nitrogens with zero attached hydrogens (tertiary/aromatic N) is 2. The number of benzene rings is 8. The number of para-hydroxylation sites is 1. The van der Waals surface area contributed by atoms with Crippen LogP contribution in [0.4, 0.5) is 0 Å². The molecule has 8 aromatic carbocycles. The van der Waals surface area contributed by atoms with Crippen molar-refractivity contribution in [3.63, 3.8) is 0 Å². The van der Waals surface area contributed by atoms with E-state index in [1.165, 1.54) is 37.9 Å². The van der Waals surface area contributed by atoms with Crippen LogP contribution < -0.4 is 0 Å². The van der Waals surface area contributed by atoms with Crippen molar-refractivity contribution in [1.29, 1.82) is 0 Å². The Balaban J connectivity index is 1.11. The van der Waals surface area contributed by atoms with Crippen LogP contribution >= 0.6 is 0 Å². The van der Waals surface area contributed by atoms with E-state index >= 15 is 0 Å². The second-order valence-electron chi connectivity index (χ2n) is 12.2. The molecule has 0 unspecified atom stereocenters. The standard InChI is InChI=1S/C45H30N2O/c1-46-45(33-26-40(30-13-3-2-4-14-30)44-39-20-9-10-21-42(39)48-43(44)27-33)47-28-29-12-11-15-31(24-29)32-22-23-38-36-18-6-5-16-34(36)35-17-7-8-19-37(35)41(38)25-32/h2-27H,1,28H2/b47-45-. The summed E-state index contributed by atoms with van der Waals surface area (Å²) in [4.78, 5) is 9.38. The molecule has 48 heavy (non-hydrogen) atoms. The summed E-state index contributed by atoms with van der Waals surface area (Å²) in [5, 5.41) is 9.83. The van der Waals surface area contributed by atoms with E-state index in [2.05, 4.69) is 139 Å². The molecule has 3 heteroatoms. The fourth-order valence-corrected chi connectivity index (χ4v) is 7.16. The van der Waals surface area contributed by atoms with E-state index in [-0.39, 0.29) is 0 Å². The Labute approximate surface area is 278 Å². The van der Waals surface area contributed by atoms with Crippen molar-refractivity contribution >= 4 is 66.8 Å². The van der Waals surface area contributed by atoms with Gasteiger partial charge >= 0.3 is 0 Å². The maximum atomic E-state index is 6.34. The van der Waals surface area contributed by atoms with Crippen LogP contribution in [-0.4, -0.2) is 12.6 Å². The minimum Gasteiger partial charge on any atom is -0.456 e. The van der Waals surface area contributed by atoms with Crippen molar-refractivity contribution in [2.45, 2.75) is 6.54 Å². The van der Waals surface area contributed by atoms with Crippen LogP contribution in [0, 0.1) is 0 Å². The van der Waals surface area contributed by atoms with Gasteiger partial charge in [0.05, 0.1) is 6.54 Å². The van der Waals surface area contributed by atoms with Gasteiger partial charge in [-0.1, -0.05) is 127 Å². The van der Waals surface area contributed by atoms with Crippen LogP contribution in [0.3, 0.4) is 0 Å². The molecule has 0 saturated heterocycles. The van der Waals surface area contributed by atoms with Gasteiger partial charge in [0.2, 0.25) is 0 Å². The summed E-state index contributed by atoms with van der Waals surface area (Å²) in [5.74, 6) is 0.587. The maximum absolute atomic E-state index is 6.34. The van der Waals surface area contributed by atoms with Gasteiger partial charge in [0, 0.05) is 16.3 Å². The molecular weight excluding hydrogens is 585 g/mol. The lowest BCUT2D eigenvalue weighted by atomic mass is 9.92. The first kappa shape index (κ1) is 27.9. The van der Waals surface area contributed by atoms with E-state index in [4.69, 9.17) is 9.41 Å². The molecule has 0 fully saturated rings. The number of hydrogen-bond donors (Lipinski definition) is 0. The van der Waals surface area contributed by atoms with E-state index in [1.807, 2.05) is 30.3 Å². The van der Waals surface area contributed by atoms with Crippen LogP contribution in [0.1, 0.15) is 11.1 Å². The molecule has 0 atom stereocenters. The molecule has 0 N–H and O–H groups in total. The molecule has 1 aromatic heterocycles. The first-order valence-electron chi connectivity index (χ1n) is 16.2. The SMILES string of the molecule is C=N/C(=N\Cc1cccc(-c2ccc3c4ccccc4c4ccccc4c3c2)c1)c1cc(-c2ccccc2)c2c(c1)oc1ccccc12. The molecule has 226 valence electrons. The largest absolute Gasteiger partial charge is 0.456 e. The zero-order chi connectivity index (χ0) is 32.0. The van der Waals surface area contributed by atoms with Crippen molar-refractivity contribution < 1.29 is 4.42 Å². The fraction of sp³-hybridized carbons (Fsp3) is 0.0222. The third kappa shape index (κ3) is 4.68. The predicted molar refractivity (Wildman–Crippen MR) is 203 cm³/mol. The summed E-state index contributed by atoms with van der Waals surface area (Å²) in [7, 11) is 0. The first-order chi connectivity index (χ1) is 23.7. The van der Waals surface area contributed by atoms with E-state index in [0.29, 0.717) is 12.4 Å². The summed E-state index contributed by atoms with van der Waals surface area (Å²) in [6.07, 6.45) is 0. The number of aliphatic imine (C=N–C) groups is 2. The van der Waals surface area contributed by atoms with Gasteiger partial charge in [-0.05, 0) is 97.2 Å². The topological polar surface area (TPSA) is 37.9 Å². The number of hydrogen-bond acceptors (Lipinski definition) is 2. The first-order valence-corrected chi connectivity index (χ1v) is 16.2. The average molecular weight is 615 g/mol. The van der Waals surface area contributed by atoms with Crippen molar-refractivity contribution in [3.8, 4) is 22.3 Å². The Morgan fingerprint density at radius 2 is 1.08 bits per heavy atom. The summed E-state index contributed by atoms with van der Waals surface area (Å²) in [6.45, 7) is 4.38. The molecule has 0 bridgehead atoms. The Morgan fingerprint density at radius 3 is 1.81 bits per heavy atom. The Morgan fingerprint density at radius 1 is 0.479 bits per heavy atom. The molecule has 0 aliphatic heterocycles. The second-order valence-corrected chi connectivity index (χ2v) is 12.2. The van der Waals surface area contributed by atoms with Crippen LogP contribution in [0.5, 0.6) is 0 Å². The van der Waals surface area contributed by atoms with Gasteiger partial charge in [-0.2, -0.15) is 0 Å². The molecule has 0 saturated carbocycles. The molecule has 0 aliphatic rings. The quantitative estimate of drug-likeness (QED) is 0.108. The minimum atomic E-state index is 0.474. The average Bonchev–Trinajstić information content (AvgIpc) is 3.54. The molecule has 3 nitrogen and oxygen atoms in total. The smallest absolute Gasteiger partial charge is 0.154 e. The minimum absolute atomic E-state index is 0.474. The number of furan rings is 1. The zero-order valence-electron chi connectivity index (χ0n) is 26.2. The van der Waals surface area contributed by atoms with Crippen molar-refractivity contribution in [3.05, 3.63) is 169 Å².